The Balaban J connectivity index is 2.45. The lowest BCUT2D eigenvalue weighted by Gasteiger charge is -1.88. The Morgan fingerprint density at radius 1 is 1.55 bits per heavy atom. The van der Waals surface area contributed by atoms with Gasteiger partial charge in [-0.15, -0.1) is 0 Å². The average Bonchev–Trinajstić information content (AvgIpc) is 2.55. The first-order valence-electron chi connectivity index (χ1n) is 3.16. The molecule has 0 aliphatic rings. The molecule has 0 aliphatic carbocycles. The van der Waals surface area contributed by atoms with Crippen molar-refractivity contribution in [1.82, 2.24) is 19.1 Å². The Bertz CT molecular complexity index is 337. The van der Waals surface area contributed by atoms with Gasteiger partial charge >= 0.3 is 0 Å². The van der Waals surface area contributed by atoms with Crippen LogP contribution in [-0.2, 0) is 0 Å². The predicted octanol–water partition coefficient (Wildman–Crippen LogP) is 1.03. The molecule has 0 atom stereocenters. The lowest BCUT2D eigenvalue weighted by atomic mass is 10.7. The van der Waals surface area contributed by atoms with Gasteiger partial charge in [-0.2, -0.15) is 9.47 Å². The average molecular weight is 166 g/mol. The zero-order valence-corrected chi connectivity index (χ0v) is 6.75. The molecule has 2 rings (SSSR count). The highest BCUT2D eigenvalue weighted by Gasteiger charge is 2.00. The van der Waals surface area contributed by atoms with E-state index in [1.165, 1.54) is 11.5 Å². The number of aryl methyl sites for hydroxylation is 1. The van der Waals surface area contributed by atoms with Crippen molar-refractivity contribution in [2.24, 2.45) is 0 Å². The standard InChI is InChI=1S/C6H6N4S/c1-5-8-6(11-9-5)10-4-2-3-7-10/h2-4H,1H3. The van der Waals surface area contributed by atoms with Crippen molar-refractivity contribution in [3.63, 3.8) is 0 Å². The third-order valence-corrected chi connectivity index (χ3v) is 2.01. The van der Waals surface area contributed by atoms with Crippen LogP contribution in [0.2, 0.25) is 0 Å². The number of aromatic nitrogens is 4. The first-order valence-corrected chi connectivity index (χ1v) is 3.94. The highest BCUT2D eigenvalue weighted by molar-refractivity contribution is 7.08. The van der Waals surface area contributed by atoms with Crippen molar-refractivity contribution < 1.29 is 0 Å². The predicted molar refractivity (Wildman–Crippen MR) is 41.8 cm³/mol. The summed E-state index contributed by atoms with van der Waals surface area (Å²) >= 11 is 1.35. The van der Waals surface area contributed by atoms with Crippen LogP contribution >= 0.6 is 11.5 Å². The van der Waals surface area contributed by atoms with E-state index in [9.17, 15) is 0 Å². The van der Waals surface area contributed by atoms with Crippen LogP contribution in [0, 0.1) is 6.92 Å². The van der Waals surface area contributed by atoms with E-state index in [2.05, 4.69) is 14.5 Å². The van der Waals surface area contributed by atoms with E-state index in [1.54, 1.807) is 10.9 Å². The maximum absolute atomic E-state index is 4.16. The second kappa shape index (κ2) is 2.43. The van der Waals surface area contributed by atoms with Crippen molar-refractivity contribution >= 4 is 11.5 Å². The van der Waals surface area contributed by atoms with E-state index in [0.29, 0.717) is 0 Å². The second-order valence-corrected chi connectivity index (χ2v) is 2.81. The molecule has 0 amide bonds. The van der Waals surface area contributed by atoms with Crippen LogP contribution in [0.25, 0.3) is 5.13 Å². The molecule has 4 nitrogen and oxygen atoms in total. The summed E-state index contributed by atoms with van der Waals surface area (Å²) in [7, 11) is 0. The minimum Gasteiger partial charge on any atom is -0.212 e. The summed E-state index contributed by atoms with van der Waals surface area (Å²) in [5.74, 6) is 0.792. The van der Waals surface area contributed by atoms with Gasteiger partial charge in [-0.3, -0.25) is 0 Å². The van der Waals surface area contributed by atoms with Crippen LogP contribution in [0.15, 0.2) is 18.5 Å². The molecule has 0 aliphatic heterocycles. The first-order chi connectivity index (χ1) is 5.36. The van der Waals surface area contributed by atoms with E-state index < -0.39 is 0 Å². The van der Waals surface area contributed by atoms with Gasteiger partial charge in [-0.25, -0.2) is 9.67 Å². The fourth-order valence-corrected chi connectivity index (χ4v) is 1.38. The van der Waals surface area contributed by atoms with Gasteiger partial charge in [-0.1, -0.05) is 0 Å². The lowest BCUT2D eigenvalue weighted by molar-refractivity contribution is 0.864. The van der Waals surface area contributed by atoms with E-state index in [1.807, 2.05) is 19.2 Å². The molecule has 0 unspecified atom stereocenters. The Morgan fingerprint density at radius 2 is 2.45 bits per heavy atom. The minimum absolute atomic E-state index is 0.792. The van der Waals surface area contributed by atoms with Crippen molar-refractivity contribution in [3.8, 4) is 5.13 Å². The number of nitrogens with zero attached hydrogens (tertiary/aromatic N) is 4. The molecule has 0 radical (unpaired) electrons. The molecule has 2 aromatic rings. The van der Waals surface area contributed by atoms with Crippen molar-refractivity contribution in [3.05, 3.63) is 24.3 Å². The molecule has 0 saturated heterocycles. The summed E-state index contributed by atoms with van der Waals surface area (Å²) in [4.78, 5) is 4.16. The monoisotopic (exact) mass is 166 g/mol. The summed E-state index contributed by atoms with van der Waals surface area (Å²) in [6, 6.07) is 1.86. The quantitative estimate of drug-likeness (QED) is 0.635. The SMILES string of the molecule is Cc1nsc(-n2cccn2)n1. The lowest BCUT2D eigenvalue weighted by Crippen LogP contribution is -1.92. The number of hydrogen-bond donors (Lipinski definition) is 0. The Hall–Kier alpha value is -1.23. The molecule has 0 N–H and O–H groups in total. The topological polar surface area (TPSA) is 43.6 Å². The molecular weight excluding hydrogens is 160 g/mol. The van der Waals surface area contributed by atoms with E-state index in [0.717, 1.165) is 11.0 Å². The first kappa shape index (κ1) is 6.48. The molecule has 2 heterocycles. The van der Waals surface area contributed by atoms with Gasteiger partial charge in [0.2, 0.25) is 5.13 Å². The normalized spacial score (nSPS) is 10.3. The van der Waals surface area contributed by atoms with E-state index >= 15 is 0 Å². The van der Waals surface area contributed by atoms with Crippen LogP contribution in [0.5, 0.6) is 0 Å². The van der Waals surface area contributed by atoms with Gasteiger partial charge in [0.25, 0.3) is 0 Å². The van der Waals surface area contributed by atoms with Gasteiger partial charge in [-0.05, 0) is 13.0 Å². The molecule has 0 bridgehead atoms. The fraction of sp³-hybridized carbons (Fsp3) is 0.167. The van der Waals surface area contributed by atoms with Crippen LogP contribution in [-0.4, -0.2) is 19.1 Å². The molecule has 5 heteroatoms. The molecule has 2 aromatic heterocycles. The van der Waals surface area contributed by atoms with Crippen LogP contribution < -0.4 is 0 Å². The smallest absolute Gasteiger partial charge is 0.212 e. The van der Waals surface area contributed by atoms with Crippen molar-refractivity contribution in [2.75, 3.05) is 0 Å². The van der Waals surface area contributed by atoms with Crippen molar-refractivity contribution in [1.29, 1.82) is 0 Å². The van der Waals surface area contributed by atoms with Gasteiger partial charge in [0.15, 0.2) is 0 Å². The van der Waals surface area contributed by atoms with Gasteiger partial charge in [0.05, 0.1) is 0 Å². The highest BCUT2D eigenvalue weighted by Crippen LogP contribution is 2.07. The summed E-state index contributed by atoms with van der Waals surface area (Å²) in [6.45, 7) is 1.86. The Kier molecular flexibility index (Phi) is 1.43. The van der Waals surface area contributed by atoms with Crippen LogP contribution in [0.1, 0.15) is 5.82 Å². The van der Waals surface area contributed by atoms with E-state index in [4.69, 9.17) is 0 Å². The minimum atomic E-state index is 0.792. The summed E-state index contributed by atoms with van der Waals surface area (Å²) < 4.78 is 5.74. The Morgan fingerprint density at radius 3 is 3.00 bits per heavy atom. The molecule has 56 valence electrons. The highest BCUT2D eigenvalue weighted by atomic mass is 32.1. The maximum Gasteiger partial charge on any atom is 0.230 e. The number of hydrogen-bond acceptors (Lipinski definition) is 4. The molecule has 0 spiro atoms. The zero-order chi connectivity index (χ0) is 7.68. The van der Waals surface area contributed by atoms with Crippen LogP contribution in [0.3, 0.4) is 0 Å². The molecule has 0 fully saturated rings. The van der Waals surface area contributed by atoms with Gasteiger partial charge in [0, 0.05) is 23.9 Å². The van der Waals surface area contributed by atoms with E-state index in [-0.39, 0.29) is 0 Å². The van der Waals surface area contributed by atoms with Crippen molar-refractivity contribution in [2.45, 2.75) is 6.92 Å². The van der Waals surface area contributed by atoms with Gasteiger partial charge in [0.1, 0.15) is 5.82 Å². The third-order valence-electron chi connectivity index (χ3n) is 1.22. The summed E-state index contributed by atoms with van der Waals surface area (Å²) in [5, 5.41) is 4.84. The van der Waals surface area contributed by atoms with Gasteiger partial charge < -0.3 is 0 Å². The largest absolute Gasteiger partial charge is 0.230 e. The summed E-state index contributed by atoms with van der Waals surface area (Å²) in [6.07, 6.45) is 3.57. The second-order valence-electron chi connectivity index (χ2n) is 2.07. The zero-order valence-electron chi connectivity index (χ0n) is 5.93. The fourth-order valence-electron chi connectivity index (χ4n) is 0.761. The van der Waals surface area contributed by atoms with Crippen LogP contribution in [0.4, 0.5) is 0 Å². The molecule has 11 heavy (non-hydrogen) atoms. The molecule has 0 aromatic carbocycles. The third kappa shape index (κ3) is 1.14. The summed E-state index contributed by atoms with van der Waals surface area (Å²) in [5.41, 5.74) is 0. The maximum atomic E-state index is 4.16. The molecule has 0 saturated carbocycles. The molecular formula is C6H6N4S. The Labute approximate surface area is 67.7 Å². The number of rotatable bonds is 1.